The predicted molar refractivity (Wildman–Crippen MR) is 106 cm³/mol. The number of carbonyl (C=O) groups is 2. The second-order valence-electron chi connectivity index (χ2n) is 6.35. The van der Waals surface area contributed by atoms with Crippen LogP contribution in [-0.2, 0) is 25.2 Å². The largest absolute Gasteiger partial charge is 0.479 e. The lowest BCUT2D eigenvalue weighted by atomic mass is 10.3. The summed E-state index contributed by atoms with van der Waals surface area (Å²) in [5, 5.41) is 8.56. The van der Waals surface area contributed by atoms with Crippen LogP contribution < -0.4 is 9.47 Å². The number of hydrogen-bond donors (Lipinski definition) is 1. The quantitative estimate of drug-likeness (QED) is 0.563. The fourth-order valence-corrected chi connectivity index (χ4v) is 3.43. The van der Waals surface area contributed by atoms with E-state index in [0.717, 1.165) is 11.8 Å². The van der Waals surface area contributed by atoms with E-state index in [0.29, 0.717) is 12.3 Å². The maximum absolute atomic E-state index is 12.7. The van der Waals surface area contributed by atoms with Crippen LogP contribution >= 0.6 is 23.4 Å². The van der Waals surface area contributed by atoms with Crippen LogP contribution in [0.15, 0.2) is 36.5 Å². The number of alkyl halides is 3. The maximum Gasteiger partial charge on any atom is 0.417 e. The fourth-order valence-electron chi connectivity index (χ4n) is 2.40. The van der Waals surface area contributed by atoms with Crippen molar-refractivity contribution in [2.75, 3.05) is 5.75 Å². The van der Waals surface area contributed by atoms with E-state index in [9.17, 15) is 22.8 Å². The van der Waals surface area contributed by atoms with Gasteiger partial charge in [0.15, 0.2) is 6.10 Å². The SMILES string of the molecule is C[C@@H](Oc1ccc(Oc2ncc(C(F)(F)F)cc2Cl)cc1)C(=O)O[C@H]1CS[C@H](C(=O)O)O1. The van der Waals surface area contributed by atoms with Gasteiger partial charge in [0.1, 0.15) is 16.5 Å². The molecular formula is C19H15ClF3NO7S. The Morgan fingerprint density at radius 1 is 1.28 bits per heavy atom. The number of rotatable bonds is 7. The van der Waals surface area contributed by atoms with Crippen LogP contribution in [0.2, 0.25) is 5.02 Å². The summed E-state index contributed by atoms with van der Waals surface area (Å²) in [6.45, 7) is 1.44. The van der Waals surface area contributed by atoms with Crippen LogP contribution in [0, 0.1) is 0 Å². The maximum atomic E-state index is 12.7. The first-order valence-electron chi connectivity index (χ1n) is 8.90. The normalized spacial score (nSPS) is 19.3. The van der Waals surface area contributed by atoms with Crippen molar-refractivity contribution in [1.29, 1.82) is 0 Å². The minimum absolute atomic E-state index is 0.183. The van der Waals surface area contributed by atoms with Crippen molar-refractivity contribution in [3.8, 4) is 17.4 Å². The molecule has 0 bridgehead atoms. The highest BCUT2D eigenvalue weighted by molar-refractivity contribution is 8.00. The Balaban J connectivity index is 1.54. The summed E-state index contributed by atoms with van der Waals surface area (Å²) < 4.78 is 59.0. The number of halogens is 4. The van der Waals surface area contributed by atoms with Gasteiger partial charge in [0, 0.05) is 6.20 Å². The zero-order chi connectivity index (χ0) is 23.5. The van der Waals surface area contributed by atoms with Crippen LogP contribution in [0.4, 0.5) is 13.2 Å². The lowest BCUT2D eigenvalue weighted by Gasteiger charge is -2.17. The van der Waals surface area contributed by atoms with Crippen molar-refractivity contribution < 1.29 is 46.8 Å². The summed E-state index contributed by atoms with van der Waals surface area (Å²) in [6.07, 6.45) is -5.98. The molecule has 172 valence electrons. The van der Waals surface area contributed by atoms with Crippen LogP contribution in [0.1, 0.15) is 12.5 Å². The van der Waals surface area contributed by atoms with Gasteiger partial charge in [-0.15, -0.1) is 11.8 Å². The van der Waals surface area contributed by atoms with Crippen molar-refractivity contribution >= 4 is 35.3 Å². The number of nitrogens with zero attached hydrogens (tertiary/aromatic N) is 1. The first-order chi connectivity index (χ1) is 15.0. The molecule has 0 radical (unpaired) electrons. The van der Waals surface area contributed by atoms with Crippen LogP contribution in [0.3, 0.4) is 0 Å². The molecule has 0 saturated carbocycles. The first kappa shape index (κ1) is 24.0. The number of esters is 1. The number of thioether (sulfide) groups is 1. The molecule has 1 aliphatic heterocycles. The Kier molecular flexibility index (Phi) is 7.36. The van der Waals surface area contributed by atoms with Gasteiger partial charge in [-0.05, 0) is 37.3 Å². The Bertz CT molecular complexity index is 990. The molecular weight excluding hydrogens is 479 g/mol. The zero-order valence-electron chi connectivity index (χ0n) is 16.2. The highest BCUT2D eigenvalue weighted by Crippen LogP contribution is 2.35. The molecule has 8 nitrogen and oxygen atoms in total. The number of pyridine rings is 1. The number of carboxylic acids is 1. The molecule has 13 heteroatoms. The van der Waals surface area contributed by atoms with E-state index in [1.165, 1.54) is 31.2 Å². The highest BCUT2D eigenvalue weighted by Gasteiger charge is 2.35. The van der Waals surface area contributed by atoms with Gasteiger partial charge in [-0.1, -0.05) is 11.6 Å². The summed E-state index contributed by atoms with van der Waals surface area (Å²) in [5.41, 5.74) is -2.09. The smallest absolute Gasteiger partial charge is 0.417 e. The molecule has 0 spiro atoms. The number of hydrogen-bond acceptors (Lipinski definition) is 8. The molecule has 3 rings (SSSR count). The van der Waals surface area contributed by atoms with Gasteiger partial charge >= 0.3 is 18.1 Å². The van der Waals surface area contributed by atoms with Gasteiger partial charge in [0.25, 0.3) is 0 Å². The number of benzene rings is 1. The third kappa shape index (κ3) is 6.17. The highest BCUT2D eigenvalue weighted by atomic mass is 35.5. The first-order valence-corrected chi connectivity index (χ1v) is 10.3. The van der Waals surface area contributed by atoms with E-state index in [1.54, 1.807) is 0 Å². The second-order valence-corrected chi connectivity index (χ2v) is 7.85. The molecule has 3 atom stereocenters. The van der Waals surface area contributed by atoms with Crippen LogP contribution in [0.25, 0.3) is 0 Å². The van der Waals surface area contributed by atoms with E-state index in [4.69, 9.17) is 35.7 Å². The van der Waals surface area contributed by atoms with Crippen molar-refractivity contribution in [1.82, 2.24) is 4.98 Å². The molecule has 0 amide bonds. The number of ether oxygens (including phenoxy) is 4. The van der Waals surface area contributed by atoms with Crippen molar-refractivity contribution in [2.24, 2.45) is 0 Å². The van der Waals surface area contributed by atoms with E-state index in [1.807, 2.05) is 0 Å². The minimum Gasteiger partial charge on any atom is -0.479 e. The molecule has 32 heavy (non-hydrogen) atoms. The zero-order valence-corrected chi connectivity index (χ0v) is 17.7. The summed E-state index contributed by atoms with van der Waals surface area (Å²) in [6, 6.07) is 6.51. The Labute approximate surface area is 188 Å². The topological polar surface area (TPSA) is 104 Å². The molecule has 1 aromatic carbocycles. The summed E-state index contributed by atoms with van der Waals surface area (Å²) in [7, 11) is 0. The van der Waals surface area contributed by atoms with Gasteiger partial charge in [0.2, 0.25) is 17.6 Å². The predicted octanol–water partition coefficient (Wildman–Crippen LogP) is 4.36. The number of aliphatic carboxylic acids is 1. The molecule has 1 aromatic heterocycles. The monoisotopic (exact) mass is 493 g/mol. The summed E-state index contributed by atoms with van der Waals surface area (Å²) in [5.74, 6) is -1.44. The fraction of sp³-hybridized carbons (Fsp3) is 0.316. The molecule has 2 aromatic rings. The van der Waals surface area contributed by atoms with Gasteiger partial charge in [-0.2, -0.15) is 13.2 Å². The van der Waals surface area contributed by atoms with Crippen molar-refractivity contribution in [3.05, 3.63) is 47.1 Å². The molecule has 1 saturated heterocycles. The van der Waals surface area contributed by atoms with E-state index in [-0.39, 0.29) is 28.2 Å². The van der Waals surface area contributed by atoms with E-state index < -0.39 is 41.5 Å². The second kappa shape index (κ2) is 9.84. The number of aromatic nitrogens is 1. The van der Waals surface area contributed by atoms with Crippen molar-refractivity contribution in [3.63, 3.8) is 0 Å². The lowest BCUT2D eigenvalue weighted by molar-refractivity contribution is -0.185. The average Bonchev–Trinajstić information content (AvgIpc) is 3.19. The Morgan fingerprint density at radius 3 is 2.50 bits per heavy atom. The van der Waals surface area contributed by atoms with E-state index in [2.05, 4.69) is 4.98 Å². The number of carboxylic acid groups (broad SMARTS) is 1. The van der Waals surface area contributed by atoms with Crippen LogP contribution in [-0.4, -0.2) is 45.6 Å². The molecule has 1 fully saturated rings. The minimum atomic E-state index is -4.58. The average molecular weight is 494 g/mol. The number of carbonyl (C=O) groups excluding carboxylic acids is 1. The Morgan fingerprint density at radius 2 is 1.94 bits per heavy atom. The van der Waals surface area contributed by atoms with Crippen molar-refractivity contribution in [2.45, 2.75) is 30.9 Å². The van der Waals surface area contributed by atoms with Gasteiger partial charge < -0.3 is 24.1 Å². The summed E-state index contributed by atoms with van der Waals surface area (Å²) >= 11 is 6.81. The standard InChI is InChI=1S/C19H15ClF3NO7S/c1-9(17(27)30-14-8-32-18(31-14)16(25)26)28-11-2-4-12(5-3-11)29-15-13(20)6-10(7-24-15)19(21,22)23/h2-7,9,14,18H,8H2,1H3,(H,25,26)/t9-,14-,18-/m1/s1. The molecule has 0 unspecified atom stereocenters. The van der Waals surface area contributed by atoms with Crippen LogP contribution in [0.5, 0.6) is 17.4 Å². The van der Waals surface area contributed by atoms with Gasteiger partial charge in [0.05, 0.1) is 11.3 Å². The molecule has 1 N–H and O–H groups in total. The lowest BCUT2D eigenvalue weighted by Crippen LogP contribution is -2.31. The summed E-state index contributed by atoms with van der Waals surface area (Å²) in [4.78, 5) is 26.5. The molecule has 0 aliphatic carbocycles. The van der Waals surface area contributed by atoms with Gasteiger partial charge in [-0.25, -0.2) is 14.6 Å². The van der Waals surface area contributed by atoms with Gasteiger partial charge in [-0.3, -0.25) is 0 Å². The molecule has 2 heterocycles. The Hall–Kier alpha value is -2.70. The third-order valence-corrected chi connectivity index (χ3v) is 5.28. The van der Waals surface area contributed by atoms with E-state index >= 15 is 0 Å². The third-order valence-electron chi connectivity index (χ3n) is 3.93. The molecule has 1 aliphatic rings.